The lowest BCUT2D eigenvalue weighted by Crippen LogP contribution is -2.32. The molecule has 0 spiro atoms. The van der Waals surface area contributed by atoms with E-state index in [4.69, 9.17) is 0 Å². The highest BCUT2D eigenvalue weighted by Gasteiger charge is 2.37. The number of hydrogen-bond donors (Lipinski definition) is 1. The van der Waals surface area contributed by atoms with Gasteiger partial charge < -0.3 is 4.90 Å². The van der Waals surface area contributed by atoms with Gasteiger partial charge in [-0.15, -0.1) is 27.8 Å². The highest BCUT2D eigenvalue weighted by atomic mass is 32.2. The maximum absolute atomic E-state index is 12.9. The second-order valence-electron chi connectivity index (χ2n) is 7.57. The standard InChI is InChI=1S/C18H25N3OS2/c1-18(2)10-12-15(14(22)11-18)17(23-9-8-20(3)4)24-16(12)13-6-7-19-21(13)5/h6-7H,8-11H2,1-5H3/p+1. The summed E-state index contributed by atoms with van der Waals surface area (Å²) < 4.78 is 3.23. The molecule has 0 bridgehead atoms. The van der Waals surface area contributed by atoms with Gasteiger partial charge in [-0.1, -0.05) is 13.8 Å². The third-order valence-electron chi connectivity index (χ3n) is 4.42. The molecule has 0 aliphatic heterocycles. The van der Waals surface area contributed by atoms with Crippen molar-refractivity contribution in [1.82, 2.24) is 10.00 Å². The number of rotatable bonds is 5. The molecule has 0 saturated carbocycles. The van der Waals surface area contributed by atoms with Crippen LogP contribution < -0.4 is 4.68 Å². The smallest absolute Gasteiger partial charge is 0.248 e. The van der Waals surface area contributed by atoms with E-state index in [1.54, 1.807) is 11.3 Å². The molecule has 0 radical (unpaired) electrons. The van der Waals surface area contributed by atoms with Crippen LogP contribution in [0.5, 0.6) is 0 Å². The minimum atomic E-state index is 0.0420. The van der Waals surface area contributed by atoms with Crippen molar-refractivity contribution in [3.05, 3.63) is 23.4 Å². The zero-order chi connectivity index (χ0) is 17.5. The van der Waals surface area contributed by atoms with Gasteiger partial charge in [0.25, 0.3) is 0 Å². The van der Waals surface area contributed by atoms with Gasteiger partial charge in [-0.3, -0.25) is 4.79 Å². The van der Waals surface area contributed by atoms with Crippen LogP contribution in [0.3, 0.4) is 0 Å². The van der Waals surface area contributed by atoms with Crippen LogP contribution in [0.1, 0.15) is 36.2 Å². The fraction of sp³-hybridized carbons (Fsp3) is 0.556. The molecule has 4 nitrogen and oxygen atoms in total. The van der Waals surface area contributed by atoms with E-state index in [2.05, 4.69) is 44.0 Å². The molecule has 1 aliphatic carbocycles. The van der Waals surface area contributed by atoms with Crippen LogP contribution in [0.25, 0.3) is 10.6 Å². The summed E-state index contributed by atoms with van der Waals surface area (Å²) in [7, 11) is 6.20. The highest BCUT2D eigenvalue weighted by molar-refractivity contribution is 8.01. The lowest BCUT2D eigenvalue weighted by atomic mass is 9.74. The Balaban J connectivity index is 2.04. The summed E-state index contributed by atoms with van der Waals surface area (Å²) in [5.74, 6) is 1.32. The van der Waals surface area contributed by atoms with Gasteiger partial charge in [0.05, 0.1) is 10.4 Å². The molecule has 0 unspecified atom stereocenters. The predicted molar refractivity (Wildman–Crippen MR) is 101 cm³/mol. The molecule has 0 atom stereocenters. The molecular weight excluding hydrogens is 338 g/mol. The molecule has 3 rings (SSSR count). The fourth-order valence-electron chi connectivity index (χ4n) is 3.22. The van der Waals surface area contributed by atoms with Crippen molar-refractivity contribution in [2.75, 3.05) is 26.4 Å². The van der Waals surface area contributed by atoms with Crippen molar-refractivity contribution in [1.29, 1.82) is 0 Å². The lowest BCUT2D eigenvalue weighted by Gasteiger charge is -2.29. The van der Waals surface area contributed by atoms with E-state index >= 15 is 0 Å². The normalized spacial score (nSPS) is 16.7. The molecule has 2 heterocycles. The third-order valence-corrected chi connectivity index (χ3v) is 6.93. The second kappa shape index (κ2) is 6.65. The summed E-state index contributed by atoms with van der Waals surface area (Å²) in [5, 5.41) is 3.20. The van der Waals surface area contributed by atoms with Crippen molar-refractivity contribution in [3.63, 3.8) is 0 Å². The van der Waals surface area contributed by atoms with Gasteiger partial charge in [-0.05, 0) is 31.5 Å². The Labute approximate surface area is 152 Å². The fourth-order valence-corrected chi connectivity index (χ4v) is 6.11. The monoisotopic (exact) mass is 364 g/mol. The van der Waals surface area contributed by atoms with Crippen molar-refractivity contribution in [2.45, 2.75) is 30.9 Å². The van der Waals surface area contributed by atoms with Gasteiger partial charge in [0.2, 0.25) is 5.69 Å². The molecule has 2 aromatic heterocycles. The molecule has 0 saturated heterocycles. The summed E-state index contributed by atoms with van der Waals surface area (Å²) in [5.41, 5.74) is 3.46. The summed E-state index contributed by atoms with van der Waals surface area (Å²) in [6.07, 6.45) is 3.58. The Morgan fingerprint density at radius 2 is 2.12 bits per heavy atom. The number of Topliss-reactive ketones (excluding diaryl/α,β-unsaturated/α-hetero) is 1. The van der Waals surface area contributed by atoms with Gasteiger partial charge >= 0.3 is 0 Å². The molecule has 24 heavy (non-hydrogen) atoms. The number of nitrogens with one attached hydrogen (secondary N) is 1. The second-order valence-corrected chi connectivity index (χ2v) is 9.96. The summed E-state index contributed by atoms with van der Waals surface area (Å²) in [6, 6.07) is 2.10. The number of carbonyl (C=O) groups is 1. The van der Waals surface area contributed by atoms with Gasteiger partial charge in [0.15, 0.2) is 12.8 Å². The summed E-state index contributed by atoms with van der Waals surface area (Å²) in [4.78, 5) is 16.3. The average Bonchev–Trinajstić information content (AvgIpc) is 3.01. The maximum atomic E-state index is 12.9. The number of aromatic nitrogens is 2. The van der Waals surface area contributed by atoms with E-state index in [1.807, 2.05) is 29.7 Å². The van der Waals surface area contributed by atoms with Crippen molar-refractivity contribution >= 4 is 28.9 Å². The minimum Gasteiger partial charge on any atom is -0.309 e. The van der Waals surface area contributed by atoms with Crippen molar-refractivity contribution < 1.29 is 9.48 Å². The zero-order valence-electron chi connectivity index (χ0n) is 15.1. The van der Waals surface area contributed by atoms with Crippen molar-refractivity contribution in [2.24, 2.45) is 12.5 Å². The molecular formula is C18H26N3OS2+. The number of thiophene rings is 1. The SMILES string of the molecule is CN(C)CCSc1sc(-c2cc[nH][n+]2C)c2c1C(=O)CC(C)(C)C2. The Kier molecular flexibility index (Phi) is 4.91. The van der Waals surface area contributed by atoms with Crippen molar-refractivity contribution in [3.8, 4) is 10.6 Å². The van der Waals surface area contributed by atoms with Crippen LogP contribution in [0.2, 0.25) is 0 Å². The Hall–Kier alpha value is -1.11. The van der Waals surface area contributed by atoms with Gasteiger partial charge in [0.1, 0.15) is 4.88 Å². The molecule has 0 amide bonds. The van der Waals surface area contributed by atoms with E-state index < -0.39 is 0 Å². The number of fused-ring (bicyclic) bond motifs is 1. The molecule has 130 valence electrons. The number of thioether (sulfide) groups is 1. The number of H-pyrrole nitrogens is 1. The van der Waals surface area contributed by atoms with Gasteiger partial charge in [-0.25, -0.2) is 0 Å². The van der Waals surface area contributed by atoms with E-state index in [1.165, 1.54) is 20.3 Å². The molecule has 0 fully saturated rings. The van der Waals surface area contributed by atoms with Crippen LogP contribution in [0, 0.1) is 5.41 Å². The Morgan fingerprint density at radius 1 is 1.38 bits per heavy atom. The first kappa shape index (κ1) is 17.7. The highest BCUT2D eigenvalue weighted by Crippen LogP contribution is 2.47. The number of aryl methyl sites for hydroxylation is 1. The first-order chi connectivity index (χ1) is 11.3. The topological polar surface area (TPSA) is 40.0 Å². The number of nitrogens with zero attached hydrogens (tertiary/aromatic N) is 2. The van der Waals surface area contributed by atoms with Crippen LogP contribution in [0.4, 0.5) is 0 Å². The minimum absolute atomic E-state index is 0.0420. The number of ketones is 1. The molecule has 1 N–H and O–H groups in total. The van der Waals surface area contributed by atoms with E-state index in [-0.39, 0.29) is 5.41 Å². The lowest BCUT2D eigenvalue weighted by molar-refractivity contribution is -0.716. The number of hydrogen-bond acceptors (Lipinski definition) is 4. The molecule has 1 aliphatic rings. The largest absolute Gasteiger partial charge is 0.309 e. The van der Waals surface area contributed by atoms with Gasteiger partial charge in [-0.2, -0.15) is 5.10 Å². The van der Waals surface area contributed by atoms with Crippen LogP contribution in [-0.4, -0.2) is 42.2 Å². The van der Waals surface area contributed by atoms with Crippen LogP contribution in [0.15, 0.2) is 16.5 Å². The quantitative estimate of drug-likeness (QED) is 0.653. The summed E-state index contributed by atoms with van der Waals surface area (Å²) in [6.45, 7) is 5.42. The first-order valence-electron chi connectivity index (χ1n) is 8.29. The Morgan fingerprint density at radius 3 is 2.75 bits per heavy atom. The predicted octanol–water partition coefficient (Wildman–Crippen LogP) is 3.38. The van der Waals surface area contributed by atoms with Gasteiger partial charge in [0, 0.05) is 30.3 Å². The summed E-state index contributed by atoms with van der Waals surface area (Å²) >= 11 is 3.61. The zero-order valence-corrected chi connectivity index (χ0v) is 16.7. The van der Waals surface area contributed by atoms with E-state index in [0.29, 0.717) is 12.2 Å². The molecule has 2 aromatic rings. The molecule has 0 aromatic carbocycles. The maximum Gasteiger partial charge on any atom is 0.248 e. The first-order valence-corrected chi connectivity index (χ1v) is 10.1. The van der Waals surface area contributed by atoms with E-state index in [9.17, 15) is 4.79 Å². The Bertz CT molecular complexity index is 758. The number of aromatic amines is 1. The third kappa shape index (κ3) is 3.46. The molecule has 6 heteroatoms. The van der Waals surface area contributed by atoms with Crippen LogP contribution >= 0.6 is 23.1 Å². The average molecular weight is 365 g/mol. The van der Waals surface area contributed by atoms with Crippen LogP contribution in [-0.2, 0) is 13.5 Å². The van der Waals surface area contributed by atoms with E-state index in [0.717, 1.165) is 24.3 Å². The number of carbonyl (C=O) groups excluding carboxylic acids is 1.